The summed E-state index contributed by atoms with van der Waals surface area (Å²) in [6, 6.07) is 3.92. The number of nitrogens with zero attached hydrogens (tertiary/aromatic N) is 2. The van der Waals surface area contributed by atoms with Gasteiger partial charge < -0.3 is 15.4 Å². The summed E-state index contributed by atoms with van der Waals surface area (Å²) < 4.78 is 5.89. The molecule has 1 saturated heterocycles. The summed E-state index contributed by atoms with van der Waals surface area (Å²) in [5, 5.41) is 6.80. The molecule has 1 aliphatic rings. The molecule has 7 heteroatoms. The van der Waals surface area contributed by atoms with Gasteiger partial charge in [0.2, 0.25) is 5.88 Å². The molecule has 1 fully saturated rings. The maximum Gasteiger partial charge on any atom is 0.213 e. The van der Waals surface area contributed by atoms with Gasteiger partial charge in [0.05, 0.1) is 12.6 Å². The lowest BCUT2D eigenvalue weighted by Crippen LogP contribution is -2.43. The van der Waals surface area contributed by atoms with Gasteiger partial charge in [-0.05, 0) is 51.9 Å². The minimum atomic E-state index is 0. The number of guanidine groups is 1. The first-order valence-electron chi connectivity index (χ1n) is 8.78. The maximum atomic E-state index is 5.57. The predicted molar refractivity (Wildman–Crippen MR) is 118 cm³/mol. The first-order valence-corrected chi connectivity index (χ1v) is 9.77. The van der Waals surface area contributed by atoms with Gasteiger partial charge in [0.15, 0.2) is 5.96 Å². The maximum absolute atomic E-state index is 5.57. The van der Waals surface area contributed by atoms with Crippen LogP contribution in [0.25, 0.3) is 0 Å². The molecule has 0 spiro atoms. The van der Waals surface area contributed by atoms with Gasteiger partial charge in [-0.25, -0.2) is 9.98 Å². The standard InChI is InChI=1S/C18H30N4OS.HI/c1-5-19-17(22-13-18(4)9-6-10-24-18)21-12-15-7-8-16(20-11-15)23-14(2)3;/h7-8,11,14H,5-6,9-10,12-13H2,1-4H3,(H2,19,21,22);1H. The first-order chi connectivity index (χ1) is 11.5. The number of aromatic nitrogens is 1. The molecular weight excluding hydrogens is 447 g/mol. The van der Waals surface area contributed by atoms with Crippen LogP contribution < -0.4 is 15.4 Å². The fourth-order valence-corrected chi connectivity index (χ4v) is 3.82. The van der Waals surface area contributed by atoms with Crippen molar-refractivity contribution in [3.63, 3.8) is 0 Å². The molecular formula is C18H31IN4OS. The van der Waals surface area contributed by atoms with Crippen molar-refractivity contribution in [1.82, 2.24) is 15.6 Å². The van der Waals surface area contributed by atoms with Gasteiger partial charge in [-0.15, -0.1) is 24.0 Å². The van der Waals surface area contributed by atoms with Crippen molar-refractivity contribution >= 4 is 41.7 Å². The summed E-state index contributed by atoms with van der Waals surface area (Å²) in [5.74, 6) is 2.80. The van der Waals surface area contributed by atoms with E-state index < -0.39 is 0 Å². The van der Waals surface area contributed by atoms with Gasteiger partial charge in [-0.2, -0.15) is 11.8 Å². The lowest BCUT2D eigenvalue weighted by molar-refractivity contribution is 0.232. The average molecular weight is 478 g/mol. The van der Waals surface area contributed by atoms with E-state index in [9.17, 15) is 0 Å². The van der Waals surface area contributed by atoms with Gasteiger partial charge in [0.25, 0.3) is 0 Å². The zero-order valence-electron chi connectivity index (χ0n) is 15.7. The Labute approximate surface area is 173 Å². The Kier molecular flexibility index (Phi) is 9.92. The molecule has 0 bridgehead atoms. The molecule has 1 unspecified atom stereocenters. The number of ether oxygens (including phenoxy) is 1. The number of pyridine rings is 1. The number of halogens is 1. The smallest absolute Gasteiger partial charge is 0.213 e. The van der Waals surface area contributed by atoms with Gasteiger partial charge in [0.1, 0.15) is 0 Å². The molecule has 1 aliphatic heterocycles. The number of thioether (sulfide) groups is 1. The summed E-state index contributed by atoms with van der Waals surface area (Å²) in [6.45, 7) is 10.8. The van der Waals surface area contributed by atoms with E-state index in [1.165, 1.54) is 18.6 Å². The van der Waals surface area contributed by atoms with Crippen LogP contribution in [0.2, 0.25) is 0 Å². The highest BCUT2D eigenvalue weighted by atomic mass is 127. The molecule has 0 aliphatic carbocycles. The predicted octanol–water partition coefficient (Wildman–Crippen LogP) is 3.83. The van der Waals surface area contributed by atoms with Crippen molar-refractivity contribution in [2.75, 3.05) is 18.8 Å². The lowest BCUT2D eigenvalue weighted by atomic mass is 10.1. The minimum Gasteiger partial charge on any atom is -0.475 e. The molecule has 2 rings (SSSR count). The van der Waals surface area contributed by atoms with Gasteiger partial charge >= 0.3 is 0 Å². The largest absolute Gasteiger partial charge is 0.475 e. The number of hydrogen-bond donors (Lipinski definition) is 2. The van der Waals surface area contributed by atoms with E-state index in [-0.39, 0.29) is 30.1 Å². The van der Waals surface area contributed by atoms with E-state index in [2.05, 4.69) is 46.2 Å². The van der Waals surface area contributed by atoms with Crippen molar-refractivity contribution in [2.45, 2.75) is 57.9 Å². The fourth-order valence-electron chi connectivity index (χ4n) is 2.57. The first kappa shape index (κ1) is 22.3. The number of nitrogens with one attached hydrogen (secondary N) is 2. The van der Waals surface area contributed by atoms with Gasteiger partial charge in [-0.3, -0.25) is 0 Å². The van der Waals surface area contributed by atoms with Crippen LogP contribution in [0.3, 0.4) is 0 Å². The molecule has 1 aromatic heterocycles. The van der Waals surface area contributed by atoms with Gasteiger partial charge in [0, 0.05) is 30.1 Å². The zero-order valence-corrected chi connectivity index (χ0v) is 18.8. The van der Waals surface area contributed by atoms with Crippen molar-refractivity contribution in [3.05, 3.63) is 23.9 Å². The van der Waals surface area contributed by atoms with Crippen LogP contribution in [0.15, 0.2) is 23.3 Å². The van der Waals surface area contributed by atoms with Crippen LogP contribution in [0.4, 0.5) is 0 Å². The monoisotopic (exact) mass is 478 g/mol. The molecule has 2 N–H and O–H groups in total. The second-order valence-corrected chi connectivity index (χ2v) is 8.30. The van der Waals surface area contributed by atoms with E-state index in [4.69, 9.17) is 4.74 Å². The van der Waals surface area contributed by atoms with Crippen molar-refractivity contribution in [1.29, 1.82) is 0 Å². The highest BCUT2D eigenvalue weighted by Gasteiger charge is 2.29. The second-order valence-electron chi connectivity index (χ2n) is 6.62. The van der Waals surface area contributed by atoms with Crippen LogP contribution in [0.1, 0.15) is 46.1 Å². The molecule has 0 amide bonds. The van der Waals surface area contributed by atoms with E-state index in [1.807, 2.05) is 32.2 Å². The van der Waals surface area contributed by atoms with Crippen molar-refractivity contribution < 1.29 is 4.74 Å². The third kappa shape index (κ3) is 8.02. The van der Waals surface area contributed by atoms with Gasteiger partial charge in [-0.1, -0.05) is 6.07 Å². The zero-order chi connectivity index (χ0) is 17.4. The number of rotatable bonds is 7. The summed E-state index contributed by atoms with van der Waals surface area (Å²) in [5.41, 5.74) is 1.07. The molecule has 0 radical (unpaired) electrons. The Balaban J connectivity index is 0.00000312. The van der Waals surface area contributed by atoms with Crippen molar-refractivity contribution in [2.24, 2.45) is 4.99 Å². The Bertz CT molecular complexity index is 530. The van der Waals surface area contributed by atoms with Crippen LogP contribution in [0.5, 0.6) is 5.88 Å². The third-order valence-corrected chi connectivity index (χ3v) is 5.39. The van der Waals surface area contributed by atoms with Crippen LogP contribution in [-0.2, 0) is 6.54 Å². The molecule has 0 saturated carbocycles. The molecule has 1 aromatic rings. The fraction of sp³-hybridized carbons (Fsp3) is 0.667. The normalized spacial score (nSPS) is 20.3. The highest BCUT2D eigenvalue weighted by Crippen LogP contribution is 2.36. The van der Waals surface area contributed by atoms with Crippen molar-refractivity contribution in [3.8, 4) is 5.88 Å². The van der Waals surface area contributed by atoms with Crippen LogP contribution in [-0.4, -0.2) is 40.6 Å². The average Bonchev–Trinajstić information content (AvgIpc) is 2.98. The Morgan fingerprint density at radius 3 is 2.76 bits per heavy atom. The summed E-state index contributed by atoms with van der Waals surface area (Å²) >= 11 is 2.06. The molecule has 0 aromatic carbocycles. The van der Waals surface area contributed by atoms with Crippen LogP contribution in [0, 0.1) is 0 Å². The Hall–Kier alpha value is -0.700. The second kappa shape index (κ2) is 11.1. The topological polar surface area (TPSA) is 58.5 Å². The molecule has 2 heterocycles. The van der Waals surface area contributed by atoms with E-state index in [0.717, 1.165) is 24.6 Å². The van der Waals surface area contributed by atoms with E-state index in [0.29, 0.717) is 17.2 Å². The Morgan fingerprint density at radius 2 is 2.20 bits per heavy atom. The third-order valence-electron chi connectivity index (χ3n) is 3.85. The quantitative estimate of drug-likeness (QED) is 0.355. The SMILES string of the molecule is CCNC(=NCc1ccc(OC(C)C)nc1)NCC1(C)CCCS1.I. The number of hydrogen-bond acceptors (Lipinski definition) is 4. The van der Waals surface area contributed by atoms with E-state index >= 15 is 0 Å². The molecule has 25 heavy (non-hydrogen) atoms. The summed E-state index contributed by atoms with van der Waals surface area (Å²) in [6.07, 6.45) is 4.55. The van der Waals surface area contributed by atoms with Crippen LogP contribution >= 0.6 is 35.7 Å². The van der Waals surface area contributed by atoms with E-state index in [1.54, 1.807) is 0 Å². The summed E-state index contributed by atoms with van der Waals surface area (Å²) in [4.78, 5) is 9.00. The molecule has 1 atom stereocenters. The molecule has 142 valence electrons. The number of aliphatic imine (C=N–C) groups is 1. The summed E-state index contributed by atoms with van der Waals surface area (Å²) in [7, 11) is 0. The highest BCUT2D eigenvalue weighted by molar-refractivity contribution is 14.0. The molecule has 5 nitrogen and oxygen atoms in total. The lowest BCUT2D eigenvalue weighted by Gasteiger charge is -2.24. The Morgan fingerprint density at radius 1 is 1.40 bits per heavy atom. The minimum absolute atomic E-state index is 0.